The molecule has 2 N–H and O–H groups in total. The van der Waals surface area contributed by atoms with Crippen molar-refractivity contribution in [2.75, 3.05) is 20.1 Å². The molecule has 1 aliphatic heterocycles. The van der Waals surface area contributed by atoms with Gasteiger partial charge in [0.2, 0.25) is 0 Å². The number of rotatable bonds is 5. The van der Waals surface area contributed by atoms with Crippen LogP contribution in [0.3, 0.4) is 0 Å². The Hall–Kier alpha value is -3.76. The van der Waals surface area contributed by atoms with Gasteiger partial charge in [-0.2, -0.15) is 5.10 Å². The zero-order valence-electron chi connectivity index (χ0n) is 20.9. The zero-order chi connectivity index (χ0) is 26.3. The number of furan rings is 1. The van der Waals surface area contributed by atoms with Crippen LogP contribution in [-0.2, 0) is 0 Å². The van der Waals surface area contributed by atoms with Crippen LogP contribution in [-0.4, -0.2) is 70.3 Å². The van der Waals surface area contributed by atoms with Crippen molar-refractivity contribution in [2.24, 2.45) is 0 Å². The summed E-state index contributed by atoms with van der Waals surface area (Å²) in [5.74, 6) is 1.51. The molecule has 0 spiro atoms. The first-order valence-corrected chi connectivity index (χ1v) is 12.2. The topological polar surface area (TPSA) is 109 Å². The molecule has 0 radical (unpaired) electrons. The first kappa shape index (κ1) is 24.9. The van der Waals surface area contributed by atoms with E-state index < -0.39 is 12.3 Å². The number of β-amino-alcohol motifs (C(OH)–C–C–N with tert-alkyl or cyclic N) is 1. The zero-order valence-corrected chi connectivity index (χ0v) is 20.9. The molecule has 37 heavy (non-hydrogen) atoms. The molecule has 2 aliphatic rings. The number of halogens is 1. The molecular weight excluding hydrogens is 479 g/mol. The molecular formula is C27H29FN4O5. The summed E-state index contributed by atoms with van der Waals surface area (Å²) >= 11 is 0. The van der Waals surface area contributed by atoms with Crippen LogP contribution in [0.4, 0.5) is 4.39 Å². The molecule has 9 nitrogen and oxygen atoms in total. The molecule has 0 bridgehead atoms. The van der Waals surface area contributed by atoms with Crippen LogP contribution in [0.2, 0.25) is 0 Å². The van der Waals surface area contributed by atoms with E-state index in [1.807, 2.05) is 6.92 Å². The van der Waals surface area contributed by atoms with Gasteiger partial charge in [-0.1, -0.05) is 0 Å². The number of alkyl halides is 1. The van der Waals surface area contributed by atoms with Gasteiger partial charge in [-0.05, 0) is 51.4 Å². The van der Waals surface area contributed by atoms with Gasteiger partial charge in [0.25, 0.3) is 5.91 Å². The number of nitrogens with zero attached hydrogens (tertiary/aromatic N) is 3. The number of hydrogen-bond donors (Lipinski definition) is 2. The number of hydrogen-bond acceptors (Lipinski definition) is 7. The first-order chi connectivity index (χ1) is 17.8. The number of fused-ring (bicyclic) bond motifs is 2. The van der Waals surface area contributed by atoms with Gasteiger partial charge < -0.3 is 24.5 Å². The van der Waals surface area contributed by atoms with E-state index in [4.69, 9.17) is 9.15 Å². The fourth-order valence-corrected chi connectivity index (χ4v) is 4.65. The third-order valence-corrected chi connectivity index (χ3v) is 7.06. The lowest BCUT2D eigenvalue weighted by atomic mass is 9.91. The maximum absolute atomic E-state index is 12.7. The summed E-state index contributed by atoms with van der Waals surface area (Å²) in [6, 6.07) is 7.20. The lowest BCUT2D eigenvalue weighted by Gasteiger charge is -2.35. The molecule has 1 saturated heterocycles. The van der Waals surface area contributed by atoms with E-state index in [9.17, 15) is 19.1 Å². The maximum atomic E-state index is 12.7. The predicted octanol–water partition coefficient (Wildman–Crippen LogP) is 3.83. The normalized spacial score (nSPS) is 19.2. The summed E-state index contributed by atoms with van der Waals surface area (Å²) in [5, 5.41) is 17.4. The number of carbonyl (C=O) groups excluding carboxylic acids is 2. The smallest absolute Gasteiger partial charge is 0.255 e. The second-order valence-electron chi connectivity index (χ2n) is 9.46. The number of aliphatic hydroxyl groups is 1. The van der Waals surface area contributed by atoms with Crippen LogP contribution in [0.1, 0.15) is 44.9 Å². The van der Waals surface area contributed by atoms with Gasteiger partial charge in [-0.25, -0.2) is 8.91 Å². The summed E-state index contributed by atoms with van der Waals surface area (Å²) in [6.07, 6.45) is 4.81. The van der Waals surface area contributed by atoms with Gasteiger partial charge in [0.15, 0.2) is 12.0 Å². The van der Waals surface area contributed by atoms with Crippen molar-refractivity contribution >= 4 is 28.7 Å². The summed E-state index contributed by atoms with van der Waals surface area (Å²) in [7, 11) is 1.80. The molecule has 4 heterocycles. The van der Waals surface area contributed by atoms with E-state index in [0.29, 0.717) is 52.6 Å². The second kappa shape index (κ2) is 9.95. The molecule has 1 aliphatic carbocycles. The number of carbonyl (C=O) groups is 2. The van der Waals surface area contributed by atoms with Gasteiger partial charge in [-0.3, -0.25) is 9.59 Å². The quantitative estimate of drug-likeness (QED) is 0.395. The van der Waals surface area contributed by atoms with Crippen molar-refractivity contribution in [3.05, 3.63) is 59.1 Å². The minimum absolute atomic E-state index is 0.136. The molecule has 2 fully saturated rings. The predicted molar refractivity (Wildman–Crippen MR) is 135 cm³/mol. The second-order valence-corrected chi connectivity index (χ2v) is 9.46. The number of likely N-dealkylation sites (tertiary alicyclic amines) is 1. The van der Waals surface area contributed by atoms with Gasteiger partial charge in [0, 0.05) is 42.8 Å². The number of ether oxygens (including phenoxy) is 1. The molecule has 2 unspecified atom stereocenters. The first-order valence-electron chi connectivity index (χ1n) is 12.2. The average Bonchev–Trinajstić information content (AvgIpc) is 3.37. The molecule has 4 aromatic rings. The third kappa shape index (κ3) is 4.58. The number of aldehydes is 1. The molecule has 1 aromatic carbocycles. The maximum Gasteiger partial charge on any atom is 0.255 e. The van der Waals surface area contributed by atoms with E-state index >= 15 is 0 Å². The van der Waals surface area contributed by atoms with Crippen molar-refractivity contribution < 1.29 is 28.2 Å². The van der Waals surface area contributed by atoms with Crippen LogP contribution in [0.25, 0.3) is 16.5 Å². The summed E-state index contributed by atoms with van der Waals surface area (Å²) < 4.78 is 25.5. The van der Waals surface area contributed by atoms with E-state index in [-0.39, 0.29) is 11.9 Å². The van der Waals surface area contributed by atoms with Crippen molar-refractivity contribution in [3.63, 3.8) is 0 Å². The Morgan fingerprint density at radius 1 is 1.27 bits per heavy atom. The highest BCUT2D eigenvalue weighted by atomic mass is 19.1. The molecule has 10 heteroatoms. The van der Waals surface area contributed by atoms with Crippen LogP contribution < -0.4 is 10.1 Å². The number of benzene rings is 1. The molecule has 6 rings (SSSR count). The fourth-order valence-electron chi connectivity index (χ4n) is 4.65. The minimum atomic E-state index is -0.565. The summed E-state index contributed by atoms with van der Waals surface area (Å²) in [5.41, 5.74) is 3.06. The highest BCUT2D eigenvalue weighted by molar-refractivity contribution is 5.99. The number of nitrogens with one attached hydrogen (secondary N) is 1. The van der Waals surface area contributed by atoms with Gasteiger partial charge in [-0.15, -0.1) is 0 Å². The Balaban J connectivity index is 0.000000348. The van der Waals surface area contributed by atoms with Crippen molar-refractivity contribution in [3.8, 4) is 11.5 Å². The Kier molecular flexibility index (Phi) is 6.70. The van der Waals surface area contributed by atoms with E-state index in [0.717, 1.165) is 30.1 Å². The molecule has 2 atom stereocenters. The van der Waals surface area contributed by atoms with Crippen LogP contribution in [0, 0.1) is 13.8 Å². The molecule has 1 amide bonds. The van der Waals surface area contributed by atoms with Gasteiger partial charge in [0.1, 0.15) is 28.8 Å². The lowest BCUT2D eigenvalue weighted by molar-refractivity contribution is 0.00585. The molecule has 194 valence electrons. The van der Waals surface area contributed by atoms with Crippen molar-refractivity contribution in [1.82, 2.24) is 19.8 Å². The highest BCUT2D eigenvalue weighted by Gasteiger charge is 2.31. The lowest BCUT2D eigenvalue weighted by Crippen LogP contribution is -2.53. The number of aliphatic hydroxyl groups excluding tert-OH is 1. The number of aromatic nitrogens is 2. The Morgan fingerprint density at radius 2 is 2.05 bits per heavy atom. The van der Waals surface area contributed by atoms with Crippen LogP contribution in [0.15, 0.2) is 41.1 Å². The number of aryl methyl sites for hydroxylation is 2. The Bertz CT molecular complexity index is 1470. The standard InChI is InChI=1S/C22H19N3O5.C5H10FN/c1-12-17(22(28)24-8-14(27)9-24)10-25-21(12)19(5-6-23-25)30-15-3-4-16-18(11-26)13(2)29-20(16)7-15;1-7-5-3-2-4(5)6/h3-7,10-11,14,27H,8-9H2,1-2H3;4-5,7H,2-3H2,1H3. The van der Waals surface area contributed by atoms with Crippen LogP contribution >= 0.6 is 0 Å². The fraction of sp³-hybridized carbons (Fsp3) is 0.370. The monoisotopic (exact) mass is 508 g/mol. The highest BCUT2D eigenvalue weighted by Crippen LogP contribution is 2.34. The van der Waals surface area contributed by atoms with Gasteiger partial charge >= 0.3 is 0 Å². The van der Waals surface area contributed by atoms with Crippen LogP contribution in [0.5, 0.6) is 11.5 Å². The van der Waals surface area contributed by atoms with E-state index in [1.54, 1.807) is 60.0 Å². The van der Waals surface area contributed by atoms with Crippen molar-refractivity contribution in [2.45, 2.75) is 45.0 Å². The minimum Gasteiger partial charge on any atom is -0.460 e. The molecule has 1 saturated carbocycles. The Labute approximate surface area is 212 Å². The van der Waals surface area contributed by atoms with E-state index in [1.165, 1.54) is 0 Å². The number of amides is 1. The summed E-state index contributed by atoms with van der Waals surface area (Å²) in [4.78, 5) is 25.6. The summed E-state index contributed by atoms with van der Waals surface area (Å²) in [6.45, 7) is 4.28. The SMILES string of the molecule is CNC1CCC1F.Cc1oc2cc(Oc3ccnn4cc(C(=O)N5CC(O)C5)c(C)c34)ccc2c1C=O. The molecule has 3 aromatic heterocycles. The van der Waals surface area contributed by atoms with Gasteiger partial charge in [0.05, 0.1) is 23.4 Å². The third-order valence-electron chi connectivity index (χ3n) is 7.06. The Morgan fingerprint density at radius 3 is 2.65 bits per heavy atom. The largest absolute Gasteiger partial charge is 0.460 e. The average molecular weight is 509 g/mol. The van der Waals surface area contributed by atoms with E-state index in [2.05, 4.69) is 10.4 Å². The van der Waals surface area contributed by atoms with Crippen molar-refractivity contribution in [1.29, 1.82) is 0 Å².